The minimum Gasteiger partial charge on any atom is -0.363 e. The molecule has 1 amide bonds. The van der Waals surface area contributed by atoms with Crippen LogP contribution in [0.4, 0.5) is 0 Å². The summed E-state index contributed by atoms with van der Waals surface area (Å²) in [5.41, 5.74) is 2.26. The minimum absolute atomic E-state index is 0.105. The van der Waals surface area contributed by atoms with Crippen molar-refractivity contribution in [1.29, 1.82) is 0 Å². The molecule has 0 N–H and O–H groups in total. The fraction of sp³-hybridized carbons (Fsp3) is 0.478. The second-order valence-corrected chi connectivity index (χ2v) is 7.94. The summed E-state index contributed by atoms with van der Waals surface area (Å²) in [6.07, 6.45) is 5.68. The Bertz CT molecular complexity index is 758. The van der Waals surface area contributed by atoms with Crippen LogP contribution < -0.4 is 0 Å². The number of benzene rings is 1. The predicted molar refractivity (Wildman–Crippen MR) is 109 cm³/mol. The Morgan fingerprint density at radius 1 is 0.964 bits per heavy atom. The highest BCUT2D eigenvalue weighted by Crippen LogP contribution is 2.30. The average molecular weight is 380 g/mol. The third-order valence-corrected chi connectivity index (χ3v) is 6.02. The van der Waals surface area contributed by atoms with Crippen LogP contribution in [0.3, 0.4) is 0 Å². The van der Waals surface area contributed by atoms with E-state index in [1.54, 1.807) is 0 Å². The Balaban J connectivity index is 1.27. The maximum absolute atomic E-state index is 12.3. The molecule has 0 radical (unpaired) electrons. The standard InChI is InChI=1S/C23H29N3O2/c27-22-18-28-23(19-26(22)15-10-21-8-4-5-13-24-21)11-16-25(17-12-23)14-9-20-6-2-1-3-7-20/h1-8,13H,9-12,14-19H2. The number of aromatic nitrogens is 1. The molecule has 5 nitrogen and oxygen atoms in total. The number of carbonyl (C=O) groups is 1. The lowest BCUT2D eigenvalue weighted by Gasteiger charge is -2.47. The van der Waals surface area contributed by atoms with E-state index in [0.29, 0.717) is 6.54 Å². The van der Waals surface area contributed by atoms with Crippen molar-refractivity contribution in [3.63, 3.8) is 0 Å². The topological polar surface area (TPSA) is 45.7 Å². The first-order chi connectivity index (χ1) is 13.7. The number of pyridine rings is 1. The molecule has 28 heavy (non-hydrogen) atoms. The van der Waals surface area contributed by atoms with Gasteiger partial charge in [-0.05, 0) is 37.0 Å². The van der Waals surface area contributed by atoms with Crippen molar-refractivity contribution in [1.82, 2.24) is 14.8 Å². The summed E-state index contributed by atoms with van der Waals surface area (Å²) in [6.45, 7) is 4.81. The van der Waals surface area contributed by atoms with Gasteiger partial charge in [-0.2, -0.15) is 0 Å². The monoisotopic (exact) mass is 379 g/mol. The van der Waals surface area contributed by atoms with Crippen molar-refractivity contribution in [2.75, 3.05) is 39.3 Å². The molecule has 0 atom stereocenters. The number of hydrogen-bond donors (Lipinski definition) is 0. The largest absolute Gasteiger partial charge is 0.363 e. The van der Waals surface area contributed by atoms with Gasteiger partial charge in [-0.3, -0.25) is 9.78 Å². The van der Waals surface area contributed by atoms with Crippen LogP contribution in [0, 0.1) is 0 Å². The number of likely N-dealkylation sites (tertiary alicyclic amines) is 1. The Morgan fingerprint density at radius 2 is 1.75 bits per heavy atom. The van der Waals surface area contributed by atoms with Gasteiger partial charge in [0.15, 0.2) is 0 Å². The smallest absolute Gasteiger partial charge is 0.248 e. The maximum Gasteiger partial charge on any atom is 0.248 e. The summed E-state index contributed by atoms with van der Waals surface area (Å²) in [5, 5.41) is 0. The average Bonchev–Trinajstić information content (AvgIpc) is 2.76. The summed E-state index contributed by atoms with van der Waals surface area (Å²) >= 11 is 0. The second kappa shape index (κ2) is 8.84. The lowest BCUT2D eigenvalue weighted by atomic mass is 9.89. The van der Waals surface area contributed by atoms with E-state index >= 15 is 0 Å². The summed E-state index contributed by atoms with van der Waals surface area (Å²) in [5.74, 6) is 0.105. The summed E-state index contributed by atoms with van der Waals surface area (Å²) in [6, 6.07) is 16.6. The quantitative estimate of drug-likeness (QED) is 0.774. The first kappa shape index (κ1) is 19.1. The molecular weight excluding hydrogens is 350 g/mol. The number of rotatable bonds is 6. The Morgan fingerprint density at radius 3 is 2.50 bits per heavy atom. The predicted octanol–water partition coefficient (Wildman–Crippen LogP) is 2.56. The van der Waals surface area contributed by atoms with Crippen LogP contribution in [0.25, 0.3) is 0 Å². The molecule has 2 saturated heterocycles. The molecule has 2 fully saturated rings. The van der Waals surface area contributed by atoms with Crippen molar-refractivity contribution >= 4 is 5.91 Å². The molecular formula is C23H29N3O2. The van der Waals surface area contributed by atoms with E-state index < -0.39 is 0 Å². The highest BCUT2D eigenvalue weighted by atomic mass is 16.5. The van der Waals surface area contributed by atoms with Gasteiger partial charge in [0.1, 0.15) is 6.61 Å². The van der Waals surface area contributed by atoms with E-state index in [2.05, 4.69) is 40.2 Å². The molecule has 5 heteroatoms. The molecule has 0 unspecified atom stereocenters. The molecule has 148 valence electrons. The zero-order valence-corrected chi connectivity index (χ0v) is 16.4. The molecule has 2 aliphatic rings. The van der Waals surface area contributed by atoms with Gasteiger partial charge in [0.2, 0.25) is 5.91 Å². The van der Waals surface area contributed by atoms with Gasteiger partial charge in [0, 0.05) is 51.0 Å². The lowest BCUT2D eigenvalue weighted by molar-refractivity contribution is -0.171. The van der Waals surface area contributed by atoms with E-state index in [-0.39, 0.29) is 18.1 Å². The van der Waals surface area contributed by atoms with Gasteiger partial charge in [-0.15, -0.1) is 0 Å². The third kappa shape index (κ3) is 4.78. The summed E-state index contributed by atoms with van der Waals surface area (Å²) in [4.78, 5) is 21.2. The maximum atomic E-state index is 12.3. The zero-order chi connectivity index (χ0) is 19.2. The van der Waals surface area contributed by atoms with Crippen LogP contribution in [0.15, 0.2) is 54.7 Å². The van der Waals surface area contributed by atoms with Crippen LogP contribution in [0.5, 0.6) is 0 Å². The molecule has 2 aliphatic heterocycles. The van der Waals surface area contributed by atoms with Crippen LogP contribution >= 0.6 is 0 Å². The van der Waals surface area contributed by atoms with E-state index in [4.69, 9.17) is 4.74 Å². The van der Waals surface area contributed by atoms with Crippen molar-refractivity contribution in [2.45, 2.75) is 31.3 Å². The fourth-order valence-electron chi connectivity index (χ4n) is 4.21. The van der Waals surface area contributed by atoms with Crippen LogP contribution in [-0.4, -0.2) is 65.6 Å². The molecule has 4 rings (SSSR count). The number of ether oxygens (including phenoxy) is 1. The minimum atomic E-state index is -0.165. The van der Waals surface area contributed by atoms with Crippen molar-refractivity contribution < 1.29 is 9.53 Å². The number of amides is 1. The SMILES string of the molecule is O=C1COC2(CCN(CCc3ccccc3)CC2)CN1CCc1ccccn1. The molecule has 0 bridgehead atoms. The Kier molecular flexibility index (Phi) is 6.03. The molecule has 3 heterocycles. The molecule has 0 saturated carbocycles. The molecule has 0 aliphatic carbocycles. The zero-order valence-electron chi connectivity index (χ0n) is 16.4. The number of morpholine rings is 1. The van der Waals surface area contributed by atoms with E-state index in [1.807, 2.05) is 29.3 Å². The van der Waals surface area contributed by atoms with Crippen LogP contribution in [-0.2, 0) is 22.4 Å². The molecule has 2 aromatic rings. The van der Waals surface area contributed by atoms with Gasteiger partial charge in [-0.25, -0.2) is 0 Å². The normalized spacial score (nSPS) is 19.9. The van der Waals surface area contributed by atoms with E-state index in [9.17, 15) is 4.79 Å². The number of hydrogen-bond acceptors (Lipinski definition) is 4. The lowest BCUT2D eigenvalue weighted by Crippen LogP contribution is -2.59. The van der Waals surface area contributed by atoms with Crippen molar-refractivity contribution in [3.05, 3.63) is 66.0 Å². The van der Waals surface area contributed by atoms with Gasteiger partial charge in [0.05, 0.1) is 5.60 Å². The van der Waals surface area contributed by atoms with Crippen molar-refractivity contribution in [2.24, 2.45) is 0 Å². The molecule has 1 aromatic heterocycles. The first-order valence-corrected chi connectivity index (χ1v) is 10.3. The van der Waals surface area contributed by atoms with Gasteiger partial charge in [-0.1, -0.05) is 36.4 Å². The fourth-order valence-corrected chi connectivity index (χ4v) is 4.21. The molecule has 1 spiro atoms. The van der Waals surface area contributed by atoms with Gasteiger partial charge in [0.25, 0.3) is 0 Å². The summed E-state index contributed by atoms with van der Waals surface area (Å²) < 4.78 is 6.08. The Labute approximate surface area is 167 Å². The number of piperidine rings is 1. The molecule has 1 aromatic carbocycles. The highest BCUT2D eigenvalue weighted by molar-refractivity contribution is 5.78. The van der Waals surface area contributed by atoms with E-state index in [0.717, 1.165) is 57.6 Å². The van der Waals surface area contributed by atoms with Crippen molar-refractivity contribution in [3.8, 4) is 0 Å². The number of carbonyl (C=O) groups excluding carboxylic acids is 1. The summed E-state index contributed by atoms with van der Waals surface area (Å²) in [7, 11) is 0. The van der Waals surface area contributed by atoms with Gasteiger partial charge < -0.3 is 14.5 Å². The number of nitrogens with zero attached hydrogens (tertiary/aromatic N) is 3. The van der Waals surface area contributed by atoms with E-state index in [1.165, 1.54) is 5.56 Å². The highest BCUT2D eigenvalue weighted by Gasteiger charge is 2.41. The second-order valence-electron chi connectivity index (χ2n) is 7.94. The van der Waals surface area contributed by atoms with Crippen LogP contribution in [0.1, 0.15) is 24.1 Å². The third-order valence-electron chi connectivity index (χ3n) is 6.02. The van der Waals surface area contributed by atoms with Gasteiger partial charge >= 0.3 is 0 Å². The first-order valence-electron chi connectivity index (χ1n) is 10.3. The van der Waals surface area contributed by atoms with Crippen LogP contribution in [0.2, 0.25) is 0 Å². The Hall–Kier alpha value is -2.24.